The smallest absolute Gasteiger partial charge is 0.269 e. The van der Waals surface area contributed by atoms with Crippen molar-refractivity contribution in [3.63, 3.8) is 0 Å². The number of thiocarbonyl (C=S) groups is 1. The number of imidazole rings is 1. The van der Waals surface area contributed by atoms with Gasteiger partial charge in [0.25, 0.3) is 5.69 Å². The summed E-state index contributed by atoms with van der Waals surface area (Å²) in [7, 11) is 0. The Kier molecular flexibility index (Phi) is 6.46. The van der Waals surface area contributed by atoms with Crippen molar-refractivity contribution in [2.75, 3.05) is 0 Å². The molecule has 0 N–H and O–H groups in total. The maximum atomic E-state index is 11.4. The van der Waals surface area contributed by atoms with Gasteiger partial charge >= 0.3 is 0 Å². The second-order valence-corrected chi connectivity index (χ2v) is 13.6. The largest absolute Gasteiger partial charge is 0.276 e. The fourth-order valence-electron chi connectivity index (χ4n) is 5.70. The quantitative estimate of drug-likeness (QED) is 0.107. The van der Waals surface area contributed by atoms with Crippen LogP contribution in [0.2, 0.25) is 0 Å². The molecule has 1 aliphatic rings. The predicted molar refractivity (Wildman–Crippen MR) is 177 cm³/mol. The molecule has 7 rings (SSSR count). The van der Waals surface area contributed by atoms with Gasteiger partial charge in [0.05, 0.1) is 21.3 Å². The summed E-state index contributed by atoms with van der Waals surface area (Å²) in [6, 6.07) is 45.9. The van der Waals surface area contributed by atoms with Crippen LogP contribution in [-0.4, -0.2) is 30.6 Å². The van der Waals surface area contributed by atoms with E-state index in [2.05, 4.69) is 77.4 Å². The summed E-state index contributed by atoms with van der Waals surface area (Å²) >= 11 is 6.24. The molecule has 1 aromatic heterocycles. The maximum absolute atomic E-state index is 11.4. The minimum absolute atomic E-state index is 0.0166. The molecule has 1 aliphatic heterocycles. The molecule has 0 unspecified atom stereocenters. The van der Waals surface area contributed by atoms with Gasteiger partial charge < -0.3 is 0 Å². The fraction of sp³-hybridized carbons (Fsp3) is 0. The van der Waals surface area contributed by atoms with Crippen molar-refractivity contribution >= 4 is 67.9 Å². The first-order valence-electron chi connectivity index (χ1n) is 13.4. The fourth-order valence-corrected chi connectivity index (χ4v) is 10.6. The summed E-state index contributed by atoms with van der Waals surface area (Å²) in [5, 5.41) is 15.7. The van der Waals surface area contributed by atoms with Crippen LogP contribution < -0.4 is 15.9 Å². The Labute approximate surface area is 247 Å². The second kappa shape index (κ2) is 10.5. The normalized spacial score (nSPS) is 13.1. The number of para-hydroxylation sites is 2. The first kappa shape index (κ1) is 26.0. The molecule has 42 heavy (non-hydrogen) atoms. The van der Waals surface area contributed by atoms with Gasteiger partial charge in [-0.25, -0.2) is 9.98 Å². The summed E-state index contributed by atoms with van der Waals surface area (Å²) in [6.07, 6.45) is 0. The molecule has 0 saturated heterocycles. The lowest BCUT2D eigenvalue weighted by atomic mass is 10.1. The molecular weight excluding hydrogens is 559 g/mol. The van der Waals surface area contributed by atoms with Gasteiger partial charge in [-0.3, -0.25) is 14.7 Å². The maximum Gasteiger partial charge on any atom is 0.269 e. The zero-order valence-corrected chi connectivity index (χ0v) is 24.0. The lowest BCUT2D eigenvalue weighted by Gasteiger charge is -2.34. The standard InChI is InChI=1S/C34H23N4O2PS/c39-38(40)25-22-20-24(21-23-25)32-36-34(42)31(33-35-29-18-10-11-19-30(29)37(32)33)41(26-12-4-1-5-13-26,27-14-6-2-7-15-27)28-16-8-3-9-17-28/h1-23H. The third kappa shape index (κ3) is 4.05. The number of nitro groups is 1. The van der Waals surface area contributed by atoms with E-state index in [9.17, 15) is 10.1 Å². The summed E-state index contributed by atoms with van der Waals surface area (Å²) in [5.41, 5.74) is 2.44. The van der Waals surface area contributed by atoms with Crippen LogP contribution in [0.15, 0.2) is 145 Å². The Morgan fingerprint density at radius 3 is 1.69 bits per heavy atom. The van der Waals surface area contributed by atoms with Crippen molar-refractivity contribution in [1.82, 2.24) is 9.55 Å². The average molecular weight is 583 g/mol. The molecule has 0 amide bonds. The second-order valence-electron chi connectivity index (χ2n) is 9.83. The van der Waals surface area contributed by atoms with Gasteiger partial charge in [0, 0.05) is 17.7 Å². The molecule has 0 aliphatic carbocycles. The number of non-ortho nitro benzene ring substituents is 1. The number of nitro benzene ring substituents is 1. The van der Waals surface area contributed by atoms with Gasteiger partial charge in [-0.15, -0.1) is 0 Å². The Bertz CT molecular complexity index is 1970. The number of fused-ring (bicyclic) bond motifs is 3. The van der Waals surface area contributed by atoms with Crippen molar-refractivity contribution < 1.29 is 4.92 Å². The Morgan fingerprint density at radius 2 is 1.17 bits per heavy atom. The molecule has 202 valence electrons. The monoisotopic (exact) mass is 582 g/mol. The van der Waals surface area contributed by atoms with E-state index in [1.54, 1.807) is 12.1 Å². The van der Waals surface area contributed by atoms with Gasteiger partial charge in [0.2, 0.25) is 0 Å². The minimum Gasteiger partial charge on any atom is -0.276 e. The van der Waals surface area contributed by atoms with Crippen molar-refractivity contribution in [1.29, 1.82) is 0 Å². The van der Waals surface area contributed by atoms with Crippen molar-refractivity contribution in [2.45, 2.75) is 0 Å². The molecule has 8 heteroatoms. The van der Waals surface area contributed by atoms with E-state index in [1.807, 2.05) is 42.5 Å². The number of aliphatic imine (C=N–C) groups is 1. The topological polar surface area (TPSA) is 73.3 Å². The summed E-state index contributed by atoms with van der Waals surface area (Å²) in [4.78, 5) is 21.8. The first-order chi connectivity index (χ1) is 20.6. The average Bonchev–Trinajstić information content (AvgIpc) is 3.43. The van der Waals surface area contributed by atoms with Gasteiger partial charge in [0.15, 0.2) is 5.82 Å². The summed E-state index contributed by atoms with van der Waals surface area (Å²) in [6.45, 7) is -2.62. The SMILES string of the molecule is O=[N+]([O-])c1ccc(C2=NC(=S)C(=P(c3ccccc3)(c3ccccc3)c3ccccc3)c3nc4ccccc4n32)cc1. The Hall–Kier alpha value is -4.97. The molecule has 6 nitrogen and oxygen atoms in total. The molecule has 6 aromatic rings. The lowest BCUT2D eigenvalue weighted by Crippen LogP contribution is -2.38. The summed E-state index contributed by atoms with van der Waals surface area (Å²) < 4.78 is 2.06. The molecule has 0 fully saturated rings. The van der Waals surface area contributed by atoms with Crippen molar-refractivity contribution in [3.8, 4) is 0 Å². The van der Waals surface area contributed by atoms with Gasteiger partial charge in [0.1, 0.15) is 10.8 Å². The highest BCUT2D eigenvalue weighted by Crippen LogP contribution is 2.49. The minimum atomic E-state index is -2.62. The van der Waals surface area contributed by atoms with Crippen LogP contribution >= 0.6 is 19.1 Å². The van der Waals surface area contributed by atoms with E-state index >= 15 is 0 Å². The molecule has 2 heterocycles. The van der Waals surface area contributed by atoms with Crippen LogP contribution in [0.4, 0.5) is 5.69 Å². The Morgan fingerprint density at radius 1 is 0.667 bits per heavy atom. The zero-order chi connectivity index (χ0) is 28.7. The molecule has 5 aromatic carbocycles. The van der Waals surface area contributed by atoms with E-state index in [-0.39, 0.29) is 5.69 Å². The van der Waals surface area contributed by atoms with Gasteiger partial charge in [-0.2, -0.15) is 0 Å². The summed E-state index contributed by atoms with van der Waals surface area (Å²) in [5.74, 6) is 1.32. The Balaban J connectivity index is 1.67. The highest BCUT2D eigenvalue weighted by atomic mass is 32.1. The third-order valence-corrected chi connectivity index (χ3v) is 12.2. The molecule has 0 spiro atoms. The van der Waals surface area contributed by atoms with Crippen LogP contribution in [0.3, 0.4) is 0 Å². The molecule has 0 bridgehead atoms. The van der Waals surface area contributed by atoms with E-state index in [0.717, 1.165) is 43.6 Å². The molecular formula is C34H23N4O2PS. The predicted octanol–water partition coefficient (Wildman–Crippen LogP) is 6.10. The van der Waals surface area contributed by atoms with Gasteiger partial charge in [-0.05, 0) is 47.1 Å². The lowest BCUT2D eigenvalue weighted by molar-refractivity contribution is -0.384. The third-order valence-electron chi connectivity index (χ3n) is 7.50. The van der Waals surface area contributed by atoms with Crippen molar-refractivity contribution in [2.24, 2.45) is 4.99 Å². The van der Waals surface area contributed by atoms with E-state index < -0.39 is 11.8 Å². The number of hydrogen-bond donors (Lipinski definition) is 0. The van der Waals surface area contributed by atoms with E-state index in [0.29, 0.717) is 10.8 Å². The molecule has 0 radical (unpaired) electrons. The number of nitrogens with zero attached hydrogens (tertiary/aromatic N) is 4. The highest BCUT2D eigenvalue weighted by Gasteiger charge is 2.38. The van der Waals surface area contributed by atoms with Crippen LogP contribution in [0.1, 0.15) is 11.4 Å². The zero-order valence-electron chi connectivity index (χ0n) is 22.2. The van der Waals surface area contributed by atoms with Crippen molar-refractivity contribution in [3.05, 3.63) is 161 Å². The molecule has 0 atom stereocenters. The first-order valence-corrected chi connectivity index (χ1v) is 15.6. The van der Waals surface area contributed by atoms with Crippen LogP contribution in [0.5, 0.6) is 0 Å². The highest BCUT2D eigenvalue weighted by molar-refractivity contribution is 7.99. The van der Waals surface area contributed by atoms with Gasteiger partial charge in [-0.1, -0.05) is 115 Å². The van der Waals surface area contributed by atoms with Crippen LogP contribution in [0.25, 0.3) is 11.0 Å². The number of hydrogen-bond acceptors (Lipinski definition) is 4. The number of aromatic nitrogens is 2. The van der Waals surface area contributed by atoms with E-state index in [1.165, 1.54) is 12.1 Å². The van der Waals surface area contributed by atoms with Crippen LogP contribution in [0, 0.1) is 10.1 Å². The molecule has 0 saturated carbocycles. The number of benzene rings is 5. The van der Waals surface area contributed by atoms with Crippen LogP contribution in [-0.2, 0) is 0 Å². The number of rotatable bonds is 5. The van der Waals surface area contributed by atoms with E-state index in [4.69, 9.17) is 22.2 Å².